The maximum atomic E-state index is 12.5. The lowest BCUT2D eigenvalue weighted by molar-refractivity contribution is 0.102. The summed E-state index contributed by atoms with van der Waals surface area (Å²) < 4.78 is 28.1. The van der Waals surface area contributed by atoms with E-state index < -0.39 is 10.0 Å². The van der Waals surface area contributed by atoms with Crippen molar-refractivity contribution in [1.82, 2.24) is 0 Å². The summed E-state index contributed by atoms with van der Waals surface area (Å²) in [5.41, 5.74) is 2.45. The molecule has 0 heterocycles. The second-order valence-corrected chi connectivity index (χ2v) is 8.47. The monoisotopic (exact) mass is 444 g/mol. The van der Waals surface area contributed by atoms with E-state index in [1.807, 2.05) is 13.0 Å². The predicted molar refractivity (Wildman–Crippen MR) is 111 cm³/mol. The van der Waals surface area contributed by atoms with Gasteiger partial charge in [0.05, 0.1) is 16.3 Å². The third-order valence-corrected chi connectivity index (χ3v) is 5.89. The van der Waals surface area contributed by atoms with Crippen LogP contribution < -0.4 is 10.0 Å². The van der Waals surface area contributed by atoms with Gasteiger partial charge in [-0.25, -0.2) is 8.42 Å². The Labute approximate surface area is 166 Å². The number of rotatable bonds is 5. The van der Waals surface area contributed by atoms with Crippen LogP contribution in [-0.4, -0.2) is 14.3 Å². The molecular formula is C20H17BrN2O3S. The highest BCUT2D eigenvalue weighted by molar-refractivity contribution is 9.10. The molecule has 5 nitrogen and oxygen atoms in total. The summed E-state index contributed by atoms with van der Waals surface area (Å²) in [6.07, 6.45) is 0. The van der Waals surface area contributed by atoms with E-state index in [1.165, 1.54) is 0 Å². The molecule has 3 rings (SSSR count). The van der Waals surface area contributed by atoms with Crippen LogP contribution in [0.15, 0.2) is 82.2 Å². The average Bonchev–Trinajstić information content (AvgIpc) is 2.64. The van der Waals surface area contributed by atoms with Crippen LogP contribution in [-0.2, 0) is 10.0 Å². The van der Waals surface area contributed by atoms with Crippen molar-refractivity contribution in [1.29, 1.82) is 0 Å². The van der Waals surface area contributed by atoms with E-state index in [4.69, 9.17) is 0 Å². The molecule has 0 unspecified atom stereocenters. The molecule has 0 saturated heterocycles. The molecule has 3 aromatic rings. The normalized spacial score (nSPS) is 11.0. The summed E-state index contributed by atoms with van der Waals surface area (Å²) in [5, 5.41) is 2.79. The number of amides is 1. The summed E-state index contributed by atoms with van der Waals surface area (Å²) in [4.78, 5) is 12.4. The van der Waals surface area contributed by atoms with E-state index in [0.29, 0.717) is 21.4 Å². The molecule has 0 fully saturated rings. The van der Waals surface area contributed by atoms with Gasteiger partial charge in [-0.1, -0.05) is 35.9 Å². The van der Waals surface area contributed by atoms with Gasteiger partial charge in [0.1, 0.15) is 0 Å². The topological polar surface area (TPSA) is 75.3 Å². The van der Waals surface area contributed by atoms with Crippen LogP contribution in [0.2, 0.25) is 0 Å². The van der Waals surface area contributed by atoms with Crippen LogP contribution in [0.4, 0.5) is 11.4 Å². The first-order valence-corrected chi connectivity index (χ1v) is 10.4. The van der Waals surface area contributed by atoms with Gasteiger partial charge in [0.25, 0.3) is 15.9 Å². The van der Waals surface area contributed by atoms with E-state index >= 15 is 0 Å². The molecule has 0 aliphatic heterocycles. The van der Waals surface area contributed by atoms with Crippen LogP contribution in [0.25, 0.3) is 0 Å². The van der Waals surface area contributed by atoms with Crippen molar-refractivity contribution < 1.29 is 13.2 Å². The van der Waals surface area contributed by atoms with E-state index in [1.54, 1.807) is 66.7 Å². The zero-order valence-corrected chi connectivity index (χ0v) is 16.8. The van der Waals surface area contributed by atoms with E-state index in [-0.39, 0.29) is 10.8 Å². The SMILES string of the molecule is Cc1ccc(S(=O)(=O)Nc2ccc(NC(=O)c3ccccc3)c(Br)c2)cc1. The molecule has 0 saturated carbocycles. The third-order valence-electron chi connectivity index (χ3n) is 3.84. The number of benzene rings is 3. The number of aryl methyl sites for hydroxylation is 1. The Morgan fingerprint density at radius 2 is 1.59 bits per heavy atom. The fourth-order valence-electron chi connectivity index (χ4n) is 2.40. The number of halogens is 1. The molecule has 1 amide bonds. The molecule has 0 bridgehead atoms. The standard InChI is InChI=1S/C20H17BrN2O3S/c1-14-7-10-17(11-8-14)27(25,26)23-16-9-12-19(18(21)13-16)22-20(24)15-5-3-2-4-6-15/h2-13,23H,1H3,(H,22,24). The summed E-state index contributed by atoms with van der Waals surface area (Å²) in [7, 11) is -3.68. The molecule has 7 heteroatoms. The van der Waals surface area contributed by atoms with Crippen molar-refractivity contribution in [2.75, 3.05) is 10.0 Å². The summed E-state index contributed by atoms with van der Waals surface area (Å²) in [5.74, 6) is -0.246. The van der Waals surface area contributed by atoms with Gasteiger partial charge in [-0.05, 0) is 65.3 Å². The molecule has 138 valence electrons. The van der Waals surface area contributed by atoms with Crippen LogP contribution >= 0.6 is 15.9 Å². The summed E-state index contributed by atoms with van der Waals surface area (Å²) in [6, 6.07) is 20.3. The first-order chi connectivity index (χ1) is 12.8. The highest BCUT2D eigenvalue weighted by atomic mass is 79.9. The molecule has 0 aliphatic carbocycles. The minimum atomic E-state index is -3.68. The Balaban J connectivity index is 1.76. The lowest BCUT2D eigenvalue weighted by Crippen LogP contribution is -2.14. The van der Waals surface area contributed by atoms with Gasteiger partial charge >= 0.3 is 0 Å². The number of sulfonamides is 1. The highest BCUT2D eigenvalue weighted by Gasteiger charge is 2.15. The number of anilines is 2. The Kier molecular flexibility index (Phi) is 5.62. The maximum absolute atomic E-state index is 12.5. The average molecular weight is 445 g/mol. The van der Waals surface area contributed by atoms with Crippen molar-refractivity contribution in [3.8, 4) is 0 Å². The zero-order chi connectivity index (χ0) is 19.4. The van der Waals surface area contributed by atoms with E-state index in [9.17, 15) is 13.2 Å². The Bertz CT molecular complexity index is 1070. The van der Waals surface area contributed by atoms with Crippen molar-refractivity contribution >= 4 is 43.2 Å². The number of carbonyl (C=O) groups is 1. The number of hydrogen-bond donors (Lipinski definition) is 2. The van der Waals surface area contributed by atoms with E-state index in [0.717, 1.165) is 5.56 Å². The van der Waals surface area contributed by atoms with Gasteiger partial charge in [-0.2, -0.15) is 0 Å². The number of nitrogens with one attached hydrogen (secondary N) is 2. The summed E-state index contributed by atoms with van der Waals surface area (Å²) >= 11 is 3.37. The fraction of sp³-hybridized carbons (Fsp3) is 0.0500. The van der Waals surface area contributed by atoms with Crippen LogP contribution in [0.5, 0.6) is 0 Å². The van der Waals surface area contributed by atoms with Crippen LogP contribution in [0.3, 0.4) is 0 Å². The second kappa shape index (κ2) is 7.94. The molecule has 0 aliphatic rings. The lowest BCUT2D eigenvalue weighted by Gasteiger charge is -2.12. The van der Waals surface area contributed by atoms with Crippen molar-refractivity contribution in [2.24, 2.45) is 0 Å². The predicted octanol–water partition coefficient (Wildman–Crippen LogP) is 4.81. The van der Waals surface area contributed by atoms with Gasteiger partial charge in [-0.3, -0.25) is 9.52 Å². The Morgan fingerprint density at radius 1 is 0.926 bits per heavy atom. The molecule has 0 spiro atoms. The third kappa shape index (κ3) is 4.75. The molecule has 3 aromatic carbocycles. The smallest absolute Gasteiger partial charge is 0.261 e. The van der Waals surface area contributed by atoms with Gasteiger partial charge in [0.2, 0.25) is 0 Å². The second-order valence-electron chi connectivity index (χ2n) is 5.93. The molecule has 0 radical (unpaired) electrons. The first-order valence-electron chi connectivity index (χ1n) is 8.10. The van der Waals surface area contributed by atoms with Crippen LogP contribution in [0.1, 0.15) is 15.9 Å². The van der Waals surface area contributed by atoms with Gasteiger partial charge < -0.3 is 5.32 Å². The molecule has 27 heavy (non-hydrogen) atoms. The fourth-order valence-corrected chi connectivity index (χ4v) is 3.92. The zero-order valence-electron chi connectivity index (χ0n) is 14.4. The molecule has 0 atom stereocenters. The highest BCUT2D eigenvalue weighted by Crippen LogP contribution is 2.28. The molecule has 0 aromatic heterocycles. The van der Waals surface area contributed by atoms with E-state index in [2.05, 4.69) is 26.0 Å². The number of hydrogen-bond acceptors (Lipinski definition) is 3. The number of carbonyl (C=O) groups excluding carboxylic acids is 1. The largest absolute Gasteiger partial charge is 0.321 e. The summed E-state index contributed by atoms with van der Waals surface area (Å²) in [6.45, 7) is 1.89. The molecule has 2 N–H and O–H groups in total. The lowest BCUT2D eigenvalue weighted by atomic mass is 10.2. The first kappa shape index (κ1) is 19.1. The minimum Gasteiger partial charge on any atom is -0.321 e. The quantitative estimate of drug-likeness (QED) is 0.592. The Morgan fingerprint density at radius 3 is 2.22 bits per heavy atom. The molecular weight excluding hydrogens is 428 g/mol. The van der Waals surface area contributed by atoms with Gasteiger partial charge in [0, 0.05) is 10.0 Å². The van der Waals surface area contributed by atoms with Gasteiger partial charge in [0.15, 0.2) is 0 Å². The van der Waals surface area contributed by atoms with Crippen molar-refractivity contribution in [3.05, 3.63) is 88.4 Å². The van der Waals surface area contributed by atoms with Gasteiger partial charge in [-0.15, -0.1) is 0 Å². The maximum Gasteiger partial charge on any atom is 0.261 e. The van der Waals surface area contributed by atoms with Crippen molar-refractivity contribution in [3.63, 3.8) is 0 Å². The van der Waals surface area contributed by atoms with Crippen molar-refractivity contribution in [2.45, 2.75) is 11.8 Å². The Hall–Kier alpha value is -2.64. The van der Waals surface area contributed by atoms with Crippen LogP contribution in [0, 0.1) is 6.92 Å². The minimum absolute atomic E-state index is 0.186.